The van der Waals surface area contributed by atoms with Gasteiger partial charge in [-0.25, -0.2) is 0 Å². The average Bonchev–Trinajstić information content (AvgIpc) is 2.80. The summed E-state index contributed by atoms with van der Waals surface area (Å²) in [7, 11) is 0. The summed E-state index contributed by atoms with van der Waals surface area (Å²) < 4.78 is 7.24. The molecule has 126 valence electrons. The number of hydrogen-bond donors (Lipinski definition) is 1. The summed E-state index contributed by atoms with van der Waals surface area (Å²) in [5.41, 5.74) is 2.51. The largest absolute Gasteiger partial charge is 0.457 e. The lowest BCUT2D eigenvalue weighted by Crippen LogP contribution is -2.39. The summed E-state index contributed by atoms with van der Waals surface area (Å²) in [6.45, 7) is 8.01. The van der Waals surface area contributed by atoms with Crippen LogP contribution < -0.4 is 5.32 Å². The molecule has 0 bridgehead atoms. The summed E-state index contributed by atoms with van der Waals surface area (Å²) >= 11 is 0. The van der Waals surface area contributed by atoms with Crippen LogP contribution in [0.3, 0.4) is 0 Å². The third-order valence-electron chi connectivity index (χ3n) is 4.25. The van der Waals surface area contributed by atoms with Crippen molar-refractivity contribution in [1.82, 2.24) is 9.88 Å². The van der Waals surface area contributed by atoms with Gasteiger partial charge in [-0.1, -0.05) is 0 Å². The maximum absolute atomic E-state index is 12.3. The Kier molecular flexibility index (Phi) is 5.23. The summed E-state index contributed by atoms with van der Waals surface area (Å²) in [4.78, 5) is 35.4. The second-order valence-corrected chi connectivity index (χ2v) is 6.32. The van der Waals surface area contributed by atoms with Crippen LogP contribution in [0.1, 0.15) is 54.5 Å². The number of aromatic nitrogens is 1. The fourth-order valence-electron chi connectivity index (χ4n) is 3.12. The highest BCUT2D eigenvalue weighted by Crippen LogP contribution is 2.21. The zero-order chi connectivity index (χ0) is 17.1. The zero-order valence-electron chi connectivity index (χ0n) is 14.1. The summed E-state index contributed by atoms with van der Waals surface area (Å²) in [6.07, 6.45) is 0.796. The number of nitrogens with zero attached hydrogens (tertiary/aromatic N) is 1. The average molecular weight is 320 g/mol. The van der Waals surface area contributed by atoms with Crippen LogP contribution in [-0.4, -0.2) is 35.4 Å². The fraction of sp³-hybridized carbons (Fsp3) is 0.588. The molecule has 0 spiro atoms. The number of carbonyl (C=O) groups excluding carboxylic acids is 3. The van der Waals surface area contributed by atoms with Gasteiger partial charge in [0.25, 0.3) is 0 Å². The molecular formula is C17H24N2O4. The standard InChI is InChI=1S/C17H24N2O4/c1-10(2)19-11(3)7-14(12(19)4)15(20)9-23-17(22)13-5-6-16(21)18-8-13/h7,10,13H,5-6,8-9H2,1-4H3,(H,18,21). The minimum absolute atomic E-state index is 0.0498. The molecule has 1 aromatic rings. The number of nitrogens with one attached hydrogen (secondary N) is 1. The lowest BCUT2D eigenvalue weighted by molar-refractivity contribution is -0.148. The van der Waals surface area contributed by atoms with Crippen molar-refractivity contribution in [2.24, 2.45) is 5.92 Å². The molecule has 1 aromatic heterocycles. The minimum atomic E-state index is -0.420. The van der Waals surface area contributed by atoms with E-state index in [4.69, 9.17) is 4.74 Å². The van der Waals surface area contributed by atoms with Gasteiger partial charge >= 0.3 is 5.97 Å². The topological polar surface area (TPSA) is 77.4 Å². The number of esters is 1. The van der Waals surface area contributed by atoms with E-state index in [0.29, 0.717) is 18.4 Å². The smallest absolute Gasteiger partial charge is 0.311 e. The van der Waals surface area contributed by atoms with Crippen LogP contribution in [0.4, 0.5) is 0 Å². The predicted molar refractivity (Wildman–Crippen MR) is 85.3 cm³/mol. The molecule has 1 saturated heterocycles. The van der Waals surface area contributed by atoms with E-state index in [0.717, 1.165) is 11.4 Å². The van der Waals surface area contributed by atoms with E-state index < -0.39 is 5.97 Å². The monoisotopic (exact) mass is 320 g/mol. The molecule has 1 N–H and O–H groups in total. The van der Waals surface area contributed by atoms with E-state index in [1.165, 1.54) is 0 Å². The molecule has 1 fully saturated rings. The van der Waals surface area contributed by atoms with Crippen LogP contribution in [0.5, 0.6) is 0 Å². The van der Waals surface area contributed by atoms with Crippen LogP contribution in [0.15, 0.2) is 6.07 Å². The highest BCUT2D eigenvalue weighted by molar-refractivity contribution is 5.99. The van der Waals surface area contributed by atoms with Gasteiger partial charge in [-0.3, -0.25) is 14.4 Å². The van der Waals surface area contributed by atoms with E-state index in [2.05, 4.69) is 23.7 Å². The van der Waals surface area contributed by atoms with Gasteiger partial charge in [0.05, 0.1) is 5.92 Å². The number of Topliss-reactive ketones (excluding diaryl/α,β-unsaturated/α-hetero) is 1. The van der Waals surface area contributed by atoms with Gasteiger partial charge in [0, 0.05) is 36.0 Å². The van der Waals surface area contributed by atoms with Crippen molar-refractivity contribution >= 4 is 17.7 Å². The third-order valence-corrected chi connectivity index (χ3v) is 4.25. The first-order valence-corrected chi connectivity index (χ1v) is 7.96. The van der Waals surface area contributed by atoms with Crippen molar-refractivity contribution < 1.29 is 19.1 Å². The predicted octanol–water partition coefficient (Wildman–Crippen LogP) is 1.94. The van der Waals surface area contributed by atoms with Crippen molar-refractivity contribution in [3.8, 4) is 0 Å². The van der Waals surface area contributed by atoms with Crippen LogP contribution in [0, 0.1) is 19.8 Å². The van der Waals surface area contributed by atoms with Gasteiger partial charge in [-0.2, -0.15) is 0 Å². The number of ether oxygens (including phenoxy) is 1. The van der Waals surface area contributed by atoms with E-state index in [-0.39, 0.29) is 36.8 Å². The van der Waals surface area contributed by atoms with Crippen molar-refractivity contribution in [2.45, 2.75) is 46.6 Å². The molecule has 1 aliphatic rings. The Bertz CT molecular complexity index is 621. The Morgan fingerprint density at radius 2 is 2.09 bits per heavy atom. The van der Waals surface area contributed by atoms with E-state index in [1.54, 1.807) is 0 Å². The zero-order valence-corrected chi connectivity index (χ0v) is 14.1. The lowest BCUT2D eigenvalue weighted by Gasteiger charge is -2.20. The summed E-state index contributed by atoms with van der Waals surface area (Å²) in [5.74, 6) is -1.02. The fourth-order valence-corrected chi connectivity index (χ4v) is 3.12. The van der Waals surface area contributed by atoms with Gasteiger partial charge in [0.15, 0.2) is 6.61 Å². The van der Waals surface area contributed by atoms with Crippen LogP contribution in [-0.2, 0) is 14.3 Å². The molecule has 6 nitrogen and oxygen atoms in total. The molecule has 2 rings (SSSR count). The van der Waals surface area contributed by atoms with E-state index >= 15 is 0 Å². The van der Waals surface area contributed by atoms with Gasteiger partial charge < -0.3 is 14.6 Å². The van der Waals surface area contributed by atoms with Crippen molar-refractivity contribution in [3.05, 3.63) is 23.0 Å². The number of ketones is 1. The maximum atomic E-state index is 12.3. The summed E-state index contributed by atoms with van der Waals surface area (Å²) in [6, 6.07) is 2.11. The molecule has 23 heavy (non-hydrogen) atoms. The van der Waals surface area contributed by atoms with Gasteiger partial charge in [0.1, 0.15) is 0 Å². The Balaban J connectivity index is 1.96. The van der Waals surface area contributed by atoms with Gasteiger partial charge in [0.2, 0.25) is 11.7 Å². The molecule has 0 aliphatic carbocycles. The summed E-state index contributed by atoms with van der Waals surface area (Å²) in [5, 5.41) is 2.64. The molecule has 1 amide bonds. The van der Waals surface area contributed by atoms with E-state index in [9.17, 15) is 14.4 Å². The van der Waals surface area contributed by atoms with Crippen molar-refractivity contribution in [3.63, 3.8) is 0 Å². The number of piperidine rings is 1. The second-order valence-electron chi connectivity index (χ2n) is 6.32. The highest BCUT2D eigenvalue weighted by Gasteiger charge is 2.27. The van der Waals surface area contributed by atoms with Crippen molar-refractivity contribution in [2.75, 3.05) is 13.2 Å². The Morgan fingerprint density at radius 1 is 1.39 bits per heavy atom. The van der Waals surface area contributed by atoms with E-state index in [1.807, 2.05) is 19.9 Å². The van der Waals surface area contributed by atoms with Crippen LogP contribution >= 0.6 is 0 Å². The molecule has 0 saturated carbocycles. The highest BCUT2D eigenvalue weighted by atomic mass is 16.5. The molecule has 6 heteroatoms. The molecule has 1 atom stereocenters. The first-order valence-electron chi connectivity index (χ1n) is 7.96. The van der Waals surface area contributed by atoms with Crippen molar-refractivity contribution in [1.29, 1.82) is 0 Å². The Morgan fingerprint density at radius 3 is 2.61 bits per heavy atom. The van der Waals surface area contributed by atoms with Crippen LogP contribution in [0.2, 0.25) is 0 Å². The number of rotatable bonds is 5. The number of hydrogen-bond acceptors (Lipinski definition) is 4. The molecule has 0 radical (unpaired) electrons. The Hall–Kier alpha value is -2.11. The molecule has 1 unspecified atom stereocenters. The molecule has 0 aromatic carbocycles. The SMILES string of the molecule is Cc1cc(C(=O)COC(=O)C2CCC(=O)NC2)c(C)n1C(C)C. The minimum Gasteiger partial charge on any atom is -0.457 e. The lowest BCUT2D eigenvalue weighted by atomic mass is 9.99. The van der Waals surface area contributed by atoms with Gasteiger partial charge in [-0.05, 0) is 40.2 Å². The van der Waals surface area contributed by atoms with Gasteiger partial charge in [-0.15, -0.1) is 0 Å². The first-order chi connectivity index (χ1) is 10.8. The normalized spacial score (nSPS) is 18.0. The number of aryl methyl sites for hydroxylation is 1. The number of amides is 1. The first kappa shape index (κ1) is 17.2. The molecule has 1 aliphatic heterocycles. The Labute approximate surface area is 136 Å². The van der Waals surface area contributed by atoms with Crippen LogP contribution in [0.25, 0.3) is 0 Å². The molecule has 2 heterocycles. The quantitative estimate of drug-likeness (QED) is 0.664. The second kappa shape index (κ2) is 6.98. The maximum Gasteiger partial charge on any atom is 0.311 e. The molecular weight excluding hydrogens is 296 g/mol. The number of carbonyl (C=O) groups is 3. The third kappa shape index (κ3) is 3.81.